The molecule has 0 spiro atoms. The lowest BCUT2D eigenvalue weighted by Gasteiger charge is -2.17. The van der Waals surface area contributed by atoms with Gasteiger partial charge in [0.15, 0.2) is 0 Å². The Morgan fingerprint density at radius 3 is 2.52 bits per heavy atom. The van der Waals surface area contributed by atoms with Gasteiger partial charge in [0.05, 0.1) is 0 Å². The van der Waals surface area contributed by atoms with Crippen molar-refractivity contribution >= 4 is 6.21 Å². The Balaban J connectivity index is 1.80. The number of ether oxygens (including phenoxy) is 1. The first-order chi connectivity index (χ1) is 11.2. The highest BCUT2D eigenvalue weighted by Gasteiger charge is 2.12. The minimum Gasteiger partial charge on any atom is -0.507 e. The van der Waals surface area contributed by atoms with Gasteiger partial charge in [-0.15, -0.1) is 0 Å². The van der Waals surface area contributed by atoms with Crippen LogP contribution in [0.2, 0.25) is 0 Å². The van der Waals surface area contributed by atoms with Crippen molar-refractivity contribution in [1.29, 1.82) is 0 Å². The predicted octanol–water partition coefficient (Wildman–Crippen LogP) is 5.24. The largest absolute Gasteiger partial charge is 0.507 e. The molecule has 2 aromatic carbocycles. The molecule has 0 saturated heterocycles. The molecule has 120 valence electrons. The van der Waals surface area contributed by atoms with Crippen LogP contribution in [0.3, 0.4) is 0 Å². The number of para-hydroxylation sites is 1. The van der Waals surface area contributed by atoms with Crippen LogP contribution in [0, 0.1) is 6.92 Å². The van der Waals surface area contributed by atoms with Crippen LogP contribution in [0.4, 0.5) is 0 Å². The van der Waals surface area contributed by atoms with Crippen LogP contribution in [-0.2, 0) is 0 Å². The van der Waals surface area contributed by atoms with Crippen molar-refractivity contribution in [3.8, 4) is 17.2 Å². The third-order valence-electron chi connectivity index (χ3n) is 4.28. The summed E-state index contributed by atoms with van der Waals surface area (Å²) in [7, 11) is 0. The molecule has 0 unspecified atom stereocenters. The summed E-state index contributed by atoms with van der Waals surface area (Å²) < 4.78 is 5.87. The normalized spacial score (nSPS) is 15.9. The first-order valence-electron chi connectivity index (χ1n) is 8.32. The molecule has 0 bridgehead atoms. The molecule has 0 radical (unpaired) electrons. The van der Waals surface area contributed by atoms with Gasteiger partial charge in [-0.25, -0.2) is 0 Å². The molecular formula is C20H23NO2. The van der Waals surface area contributed by atoms with E-state index in [4.69, 9.17) is 4.74 Å². The minimum absolute atomic E-state index is 0.282. The lowest BCUT2D eigenvalue weighted by Crippen LogP contribution is -2.09. The van der Waals surface area contributed by atoms with E-state index in [1.807, 2.05) is 49.4 Å². The van der Waals surface area contributed by atoms with Gasteiger partial charge < -0.3 is 9.84 Å². The lowest BCUT2D eigenvalue weighted by molar-refractivity contribution is 0.443. The summed E-state index contributed by atoms with van der Waals surface area (Å²) in [5.74, 6) is 1.79. The number of aliphatic imine (C=N–C) groups is 1. The molecule has 2 aromatic rings. The maximum atomic E-state index is 10.3. The first-order valence-corrected chi connectivity index (χ1v) is 8.32. The van der Waals surface area contributed by atoms with Crippen molar-refractivity contribution in [3.63, 3.8) is 0 Å². The van der Waals surface area contributed by atoms with Crippen molar-refractivity contribution in [2.75, 3.05) is 0 Å². The van der Waals surface area contributed by atoms with Gasteiger partial charge in [-0.1, -0.05) is 37.5 Å². The summed E-state index contributed by atoms with van der Waals surface area (Å²) in [6, 6.07) is 13.7. The van der Waals surface area contributed by atoms with Crippen LogP contribution >= 0.6 is 0 Å². The summed E-state index contributed by atoms with van der Waals surface area (Å²) in [5, 5.41) is 10.3. The van der Waals surface area contributed by atoms with E-state index in [9.17, 15) is 5.11 Å². The average Bonchev–Trinajstić information content (AvgIpc) is 2.58. The molecule has 1 aliphatic rings. The van der Waals surface area contributed by atoms with E-state index in [-0.39, 0.29) is 5.75 Å². The topological polar surface area (TPSA) is 41.8 Å². The Morgan fingerprint density at radius 2 is 1.78 bits per heavy atom. The Bertz CT molecular complexity index is 674. The van der Waals surface area contributed by atoms with Crippen LogP contribution in [-0.4, -0.2) is 17.4 Å². The van der Waals surface area contributed by atoms with Crippen molar-refractivity contribution in [1.82, 2.24) is 0 Å². The number of rotatable bonds is 4. The van der Waals surface area contributed by atoms with Gasteiger partial charge in [0.1, 0.15) is 17.2 Å². The van der Waals surface area contributed by atoms with Crippen molar-refractivity contribution in [3.05, 3.63) is 53.6 Å². The van der Waals surface area contributed by atoms with Crippen LogP contribution in [0.1, 0.15) is 43.2 Å². The van der Waals surface area contributed by atoms with Crippen LogP contribution < -0.4 is 4.74 Å². The standard InChI is InChI=1S/C20H23NO2/c1-15-12-19(23-18-10-6-3-7-11-18)13-16(20(15)22)14-21-17-8-4-2-5-9-17/h3,6-7,10-14,17,22H,2,4-5,8-9H2,1H3. The number of aromatic hydroxyl groups is 1. The molecule has 1 aliphatic carbocycles. The van der Waals surface area contributed by atoms with E-state index in [1.165, 1.54) is 19.3 Å². The Labute approximate surface area is 137 Å². The minimum atomic E-state index is 0.282. The van der Waals surface area contributed by atoms with Gasteiger partial charge >= 0.3 is 0 Å². The SMILES string of the molecule is Cc1cc(Oc2ccccc2)cc(C=NC2CCCCC2)c1O. The quantitative estimate of drug-likeness (QED) is 0.784. The number of hydrogen-bond acceptors (Lipinski definition) is 3. The van der Waals surface area contributed by atoms with Crippen LogP contribution in [0.25, 0.3) is 0 Å². The summed E-state index contributed by atoms with van der Waals surface area (Å²) in [6.07, 6.45) is 7.92. The first kappa shape index (κ1) is 15.6. The molecule has 0 aliphatic heterocycles. The number of aryl methyl sites for hydroxylation is 1. The molecule has 3 heteroatoms. The summed E-state index contributed by atoms with van der Waals surface area (Å²) in [4.78, 5) is 4.66. The second kappa shape index (κ2) is 7.32. The molecule has 0 amide bonds. The summed E-state index contributed by atoms with van der Waals surface area (Å²) in [6.45, 7) is 1.88. The number of nitrogens with zero attached hydrogens (tertiary/aromatic N) is 1. The maximum absolute atomic E-state index is 10.3. The average molecular weight is 309 g/mol. The molecule has 1 saturated carbocycles. The Kier molecular flexibility index (Phi) is 4.96. The fourth-order valence-electron chi connectivity index (χ4n) is 2.97. The van der Waals surface area contributed by atoms with Crippen molar-refractivity contribution in [2.24, 2.45) is 4.99 Å². The van der Waals surface area contributed by atoms with E-state index in [0.29, 0.717) is 6.04 Å². The van der Waals surface area contributed by atoms with Gasteiger partial charge in [0.2, 0.25) is 0 Å². The third-order valence-corrected chi connectivity index (χ3v) is 4.28. The van der Waals surface area contributed by atoms with Gasteiger partial charge in [0, 0.05) is 17.8 Å². The third kappa shape index (κ3) is 4.13. The highest BCUT2D eigenvalue weighted by molar-refractivity contribution is 5.85. The number of phenols is 1. The molecule has 1 fully saturated rings. The molecule has 1 N–H and O–H groups in total. The maximum Gasteiger partial charge on any atom is 0.128 e. The highest BCUT2D eigenvalue weighted by atomic mass is 16.5. The second-order valence-electron chi connectivity index (χ2n) is 6.16. The molecule has 0 aromatic heterocycles. The number of hydrogen-bond donors (Lipinski definition) is 1. The Morgan fingerprint density at radius 1 is 1.04 bits per heavy atom. The van der Waals surface area contributed by atoms with E-state index in [1.54, 1.807) is 6.21 Å². The lowest BCUT2D eigenvalue weighted by atomic mass is 9.96. The number of benzene rings is 2. The molecule has 0 heterocycles. The number of phenolic OH excluding ortho intramolecular Hbond substituents is 1. The van der Waals surface area contributed by atoms with Crippen molar-refractivity contribution in [2.45, 2.75) is 45.1 Å². The van der Waals surface area contributed by atoms with Gasteiger partial charge in [0.25, 0.3) is 0 Å². The Hall–Kier alpha value is -2.29. The zero-order valence-electron chi connectivity index (χ0n) is 13.5. The monoisotopic (exact) mass is 309 g/mol. The fraction of sp³-hybridized carbons (Fsp3) is 0.350. The van der Waals surface area contributed by atoms with Crippen molar-refractivity contribution < 1.29 is 9.84 Å². The molecule has 3 rings (SSSR count). The highest BCUT2D eigenvalue weighted by Crippen LogP contribution is 2.30. The van der Waals surface area contributed by atoms with Crippen LogP contribution in [0.5, 0.6) is 17.2 Å². The predicted molar refractivity (Wildman–Crippen MR) is 93.8 cm³/mol. The molecule has 0 atom stereocenters. The molecular weight excluding hydrogens is 286 g/mol. The summed E-state index contributed by atoms with van der Waals surface area (Å²) >= 11 is 0. The van der Waals surface area contributed by atoms with Crippen LogP contribution in [0.15, 0.2) is 47.5 Å². The van der Waals surface area contributed by atoms with E-state index in [0.717, 1.165) is 35.5 Å². The van der Waals surface area contributed by atoms with Gasteiger partial charge in [-0.05, 0) is 49.6 Å². The van der Waals surface area contributed by atoms with Gasteiger partial charge in [-0.2, -0.15) is 0 Å². The van der Waals surface area contributed by atoms with Gasteiger partial charge in [-0.3, -0.25) is 4.99 Å². The fourth-order valence-corrected chi connectivity index (χ4v) is 2.97. The van der Waals surface area contributed by atoms with E-state index in [2.05, 4.69) is 4.99 Å². The smallest absolute Gasteiger partial charge is 0.128 e. The van der Waals surface area contributed by atoms with E-state index >= 15 is 0 Å². The molecule has 23 heavy (non-hydrogen) atoms. The summed E-state index contributed by atoms with van der Waals surface area (Å²) in [5.41, 5.74) is 1.52. The zero-order valence-corrected chi connectivity index (χ0v) is 13.5. The van der Waals surface area contributed by atoms with E-state index < -0.39 is 0 Å². The second-order valence-corrected chi connectivity index (χ2v) is 6.16. The zero-order chi connectivity index (χ0) is 16.1. The molecule has 3 nitrogen and oxygen atoms in total.